The summed E-state index contributed by atoms with van der Waals surface area (Å²) in [7, 11) is 0. The van der Waals surface area contributed by atoms with E-state index < -0.39 is 5.60 Å². The molecule has 0 bridgehead atoms. The molecule has 2 aliphatic heterocycles. The van der Waals surface area contributed by atoms with Crippen molar-refractivity contribution in [2.75, 3.05) is 26.2 Å². The van der Waals surface area contributed by atoms with E-state index in [1.165, 1.54) is 0 Å². The smallest absolute Gasteiger partial charge is 0.410 e. The quantitative estimate of drug-likeness (QED) is 0.831. The van der Waals surface area contributed by atoms with Crippen LogP contribution in [0.5, 0.6) is 0 Å². The minimum Gasteiger partial charge on any atom is -0.444 e. The number of amides is 2. The Kier molecular flexibility index (Phi) is 4.25. The van der Waals surface area contributed by atoms with Crippen molar-refractivity contribution >= 4 is 12.0 Å². The van der Waals surface area contributed by atoms with Crippen LogP contribution in [-0.2, 0) is 16.1 Å². The average Bonchev–Trinajstić information content (AvgIpc) is 2.86. The number of rotatable bonds is 2. The minimum atomic E-state index is -0.518. The van der Waals surface area contributed by atoms with Crippen LogP contribution in [0.15, 0.2) is 12.3 Å². The summed E-state index contributed by atoms with van der Waals surface area (Å²) < 4.78 is 5.43. The van der Waals surface area contributed by atoms with Crippen LogP contribution in [-0.4, -0.2) is 69.3 Å². The summed E-state index contributed by atoms with van der Waals surface area (Å²) in [5.74, 6) is 0.0333. The third kappa shape index (κ3) is 3.53. The van der Waals surface area contributed by atoms with E-state index in [-0.39, 0.29) is 17.5 Å². The van der Waals surface area contributed by atoms with Crippen LogP contribution in [0, 0.1) is 0 Å². The highest BCUT2D eigenvalue weighted by atomic mass is 16.6. The molecule has 2 amide bonds. The highest BCUT2D eigenvalue weighted by Crippen LogP contribution is 2.34. The van der Waals surface area contributed by atoms with Gasteiger partial charge in [-0.2, -0.15) is 5.10 Å². The molecule has 8 nitrogen and oxygen atoms in total. The first-order chi connectivity index (χ1) is 11.3. The number of hydrogen-bond donors (Lipinski definition) is 2. The molecule has 0 atom stereocenters. The molecular formula is C16H25N5O3. The summed E-state index contributed by atoms with van der Waals surface area (Å²) in [6, 6.07) is 1.93. The van der Waals surface area contributed by atoms with Crippen LogP contribution in [0.1, 0.15) is 32.9 Å². The lowest BCUT2D eigenvalue weighted by Gasteiger charge is -2.54. The van der Waals surface area contributed by atoms with Crippen LogP contribution in [0.3, 0.4) is 0 Å². The molecule has 2 aliphatic rings. The Hall–Kier alpha value is -2.09. The molecular weight excluding hydrogens is 310 g/mol. The molecule has 0 aliphatic carbocycles. The van der Waals surface area contributed by atoms with Crippen molar-refractivity contribution in [3.63, 3.8) is 0 Å². The molecule has 0 unspecified atom stereocenters. The number of H-pyrrole nitrogens is 1. The van der Waals surface area contributed by atoms with Gasteiger partial charge in [-0.1, -0.05) is 0 Å². The molecule has 1 aromatic rings. The predicted molar refractivity (Wildman–Crippen MR) is 87.2 cm³/mol. The summed E-state index contributed by atoms with van der Waals surface area (Å²) in [6.45, 7) is 8.59. The lowest BCUT2D eigenvalue weighted by atomic mass is 9.84. The Morgan fingerprint density at radius 1 is 1.42 bits per heavy atom. The van der Waals surface area contributed by atoms with Gasteiger partial charge in [-0.05, 0) is 26.8 Å². The van der Waals surface area contributed by atoms with Crippen molar-refractivity contribution in [2.45, 2.75) is 44.9 Å². The van der Waals surface area contributed by atoms with Crippen molar-refractivity contribution in [3.05, 3.63) is 18.0 Å². The fraction of sp³-hybridized carbons (Fsp3) is 0.688. The Balaban J connectivity index is 1.70. The fourth-order valence-corrected chi connectivity index (χ4v) is 3.30. The number of likely N-dealkylation sites (tertiary alicyclic amines) is 1. The highest BCUT2D eigenvalue weighted by Gasteiger charge is 2.52. The molecule has 24 heavy (non-hydrogen) atoms. The number of aromatic amines is 1. The molecule has 0 radical (unpaired) electrons. The second-order valence-electron chi connectivity index (χ2n) is 7.59. The van der Waals surface area contributed by atoms with Gasteiger partial charge in [0.1, 0.15) is 5.60 Å². The molecule has 0 aromatic carbocycles. The average molecular weight is 335 g/mol. The summed E-state index contributed by atoms with van der Waals surface area (Å²) >= 11 is 0. The van der Waals surface area contributed by atoms with Gasteiger partial charge < -0.3 is 15.0 Å². The zero-order valence-electron chi connectivity index (χ0n) is 14.5. The van der Waals surface area contributed by atoms with Crippen molar-refractivity contribution in [1.82, 2.24) is 25.3 Å². The monoisotopic (exact) mass is 335 g/mol. The topological polar surface area (TPSA) is 90.6 Å². The van der Waals surface area contributed by atoms with Gasteiger partial charge in [0.05, 0.1) is 5.54 Å². The molecule has 3 rings (SSSR count). The molecule has 1 aromatic heterocycles. The molecule has 3 heterocycles. The Labute approximate surface area is 141 Å². The first kappa shape index (κ1) is 16.8. The van der Waals surface area contributed by atoms with Crippen molar-refractivity contribution in [1.29, 1.82) is 0 Å². The van der Waals surface area contributed by atoms with E-state index in [4.69, 9.17) is 4.74 Å². The summed E-state index contributed by atoms with van der Waals surface area (Å²) in [6.07, 6.45) is 1.79. The maximum Gasteiger partial charge on any atom is 0.410 e. The van der Waals surface area contributed by atoms with Crippen LogP contribution < -0.4 is 5.32 Å². The second-order valence-corrected chi connectivity index (χ2v) is 7.59. The zero-order valence-corrected chi connectivity index (χ0v) is 14.5. The fourth-order valence-electron chi connectivity index (χ4n) is 3.30. The van der Waals surface area contributed by atoms with Crippen LogP contribution >= 0.6 is 0 Å². The highest BCUT2D eigenvalue weighted by molar-refractivity contribution is 5.79. The zero-order chi connectivity index (χ0) is 17.4. The number of carbonyl (C=O) groups excluding carboxylic acids is 2. The first-order valence-corrected chi connectivity index (χ1v) is 8.25. The van der Waals surface area contributed by atoms with Crippen molar-refractivity contribution in [2.24, 2.45) is 0 Å². The van der Waals surface area contributed by atoms with E-state index in [0.717, 1.165) is 12.2 Å². The summed E-state index contributed by atoms with van der Waals surface area (Å²) in [5.41, 5.74) is 0.151. The Morgan fingerprint density at radius 2 is 2.17 bits per heavy atom. The van der Waals surface area contributed by atoms with Crippen molar-refractivity contribution in [3.8, 4) is 0 Å². The van der Waals surface area contributed by atoms with E-state index >= 15 is 0 Å². The largest absolute Gasteiger partial charge is 0.444 e. The third-order valence-electron chi connectivity index (χ3n) is 4.41. The van der Waals surface area contributed by atoms with E-state index in [0.29, 0.717) is 32.6 Å². The standard InChI is InChI=1S/C16H25N5O3/c1-15(2,3)24-14(23)20-10-16(11-20)8-13(22)17-6-7-21(16)9-12-4-5-18-19-12/h4-5H,6-11H2,1-3H3,(H,17,22)(H,18,19). The molecule has 2 fully saturated rings. The van der Waals surface area contributed by atoms with Gasteiger partial charge >= 0.3 is 6.09 Å². The molecule has 0 saturated carbocycles. The SMILES string of the molecule is CC(C)(C)OC(=O)N1CC2(CC(=O)NCCN2Cc2ccn[nH]2)C1. The van der Waals surface area contributed by atoms with E-state index in [9.17, 15) is 9.59 Å². The third-order valence-corrected chi connectivity index (χ3v) is 4.41. The second kappa shape index (κ2) is 6.08. The van der Waals surface area contributed by atoms with E-state index in [1.807, 2.05) is 26.8 Å². The molecule has 2 saturated heterocycles. The van der Waals surface area contributed by atoms with Gasteiger partial charge in [0.25, 0.3) is 0 Å². The van der Waals surface area contributed by atoms with Crippen LogP contribution in [0.2, 0.25) is 0 Å². The number of nitrogens with zero attached hydrogens (tertiary/aromatic N) is 3. The normalized spacial score (nSPS) is 21.1. The van der Waals surface area contributed by atoms with Gasteiger partial charge in [-0.15, -0.1) is 0 Å². The molecule has 2 N–H and O–H groups in total. The lowest BCUT2D eigenvalue weighted by molar-refractivity contribution is -0.127. The molecule has 1 spiro atoms. The number of carbonyl (C=O) groups is 2. The van der Waals surface area contributed by atoms with Crippen molar-refractivity contribution < 1.29 is 14.3 Å². The first-order valence-electron chi connectivity index (χ1n) is 8.25. The van der Waals surface area contributed by atoms with Gasteiger partial charge in [0.2, 0.25) is 5.91 Å². The van der Waals surface area contributed by atoms with Gasteiger partial charge in [0, 0.05) is 51.0 Å². The number of hydrogen-bond acceptors (Lipinski definition) is 5. The number of aromatic nitrogens is 2. The number of ether oxygens (including phenoxy) is 1. The van der Waals surface area contributed by atoms with Gasteiger partial charge in [-0.25, -0.2) is 4.79 Å². The van der Waals surface area contributed by atoms with E-state index in [2.05, 4.69) is 20.4 Å². The predicted octanol–water partition coefficient (Wildman–Crippen LogP) is 0.721. The van der Waals surface area contributed by atoms with Crippen LogP contribution in [0.4, 0.5) is 4.79 Å². The summed E-state index contributed by atoms with van der Waals surface area (Å²) in [4.78, 5) is 28.2. The van der Waals surface area contributed by atoms with Gasteiger partial charge in [-0.3, -0.25) is 14.8 Å². The Morgan fingerprint density at radius 3 is 2.79 bits per heavy atom. The Bertz CT molecular complexity index is 602. The van der Waals surface area contributed by atoms with Gasteiger partial charge in [0.15, 0.2) is 0 Å². The lowest BCUT2D eigenvalue weighted by Crippen LogP contribution is -2.71. The number of nitrogens with one attached hydrogen (secondary N) is 2. The maximum absolute atomic E-state index is 12.2. The molecule has 132 valence electrons. The minimum absolute atomic E-state index is 0.0333. The van der Waals surface area contributed by atoms with Crippen LogP contribution in [0.25, 0.3) is 0 Å². The maximum atomic E-state index is 12.2. The molecule has 8 heteroatoms. The summed E-state index contributed by atoms with van der Waals surface area (Å²) in [5, 5.41) is 9.87. The van der Waals surface area contributed by atoms with E-state index in [1.54, 1.807) is 11.1 Å².